The highest BCUT2D eigenvalue weighted by molar-refractivity contribution is 5.93. The molecule has 1 aromatic heterocycles. The maximum absolute atomic E-state index is 12.4. The van der Waals surface area contributed by atoms with Gasteiger partial charge in [0.25, 0.3) is 0 Å². The van der Waals surface area contributed by atoms with Gasteiger partial charge in [0, 0.05) is 32.7 Å². The second-order valence-corrected chi connectivity index (χ2v) is 8.75. The lowest BCUT2D eigenvalue weighted by atomic mass is 10.1. The van der Waals surface area contributed by atoms with E-state index in [0.717, 1.165) is 44.0 Å². The van der Waals surface area contributed by atoms with Crippen molar-refractivity contribution in [3.63, 3.8) is 0 Å². The second kappa shape index (κ2) is 14.4. The van der Waals surface area contributed by atoms with Gasteiger partial charge >= 0.3 is 5.97 Å². The van der Waals surface area contributed by atoms with Gasteiger partial charge in [-0.15, -0.1) is 0 Å². The Kier molecular flexibility index (Phi) is 10.9. The van der Waals surface area contributed by atoms with E-state index < -0.39 is 12.0 Å². The van der Waals surface area contributed by atoms with Crippen LogP contribution < -0.4 is 20.1 Å². The molecule has 2 N–H and O–H groups in total. The fraction of sp³-hybridized carbons (Fsp3) is 0.500. The molecule has 1 aliphatic rings. The lowest BCUT2D eigenvalue weighted by molar-refractivity contribution is -0.144. The highest BCUT2D eigenvalue weighted by Gasteiger charge is 2.22. The van der Waals surface area contributed by atoms with Gasteiger partial charge in [0.1, 0.15) is 30.0 Å². The first-order valence-corrected chi connectivity index (χ1v) is 12.2. The molecular weight excluding hydrogens is 462 g/mol. The van der Waals surface area contributed by atoms with Crippen molar-refractivity contribution in [3.8, 4) is 11.5 Å². The van der Waals surface area contributed by atoms with Gasteiger partial charge in [-0.25, -0.2) is 4.98 Å². The number of hydrogen-bond acceptors (Lipinski definition) is 9. The van der Waals surface area contributed by atoms with Crippen molar-refractivity contribution in [2.24, 2.45) is 0 Å². The van der Waals surface area contributed by atoms with Crippen molar-refractivity contribution in [1.82, 2.24) is 20.1 Å². The number of hydrogen-bond donors (Lipinski definition) is 2. The number of carbonyl (C=O) groups is 2. The van der Waals surface area contributed by atoms with Gasteiger partial charge < -0.3 is 29.7 Å². The van der Waals surface area contributed by atoms with Crippen LogP contribution in [0.1, 0.15) is 12.0 Å². The molecular formula is C26H37N5O5. The van der Waals surface area contributed by atoms with Crippen LogP contribution in [-0.4, -0.2) is 99.8 Å². The Labute approximate surface area is 212 Å². The molecule has 10 nitrogen and oxygen atoms in total. The first-order valence-electron chi connectivity index (χ1n) is 12.2. The Hall–Kier alpha value is -3.21. The highest BCUT2D eigenvalue weighted by Crippen LogP contribution is 2.14. The van der Waals surface area contributed by atoms with Gasteiger partial charge in [0.05, 0.1) is 26.8 Å². The van der Waals surface area contributed by atoms with Gasteiger partial charge in [-0.1, -0.05) is 12.1 Å². The van der Waals surface area contributed by atoms with Crippen LogP contribution in [0.5, 0.6) is 11.5 Å². The van der Waals surface area contributed by atoms with E-state index in [1.165, 1.54) is 13.3 Å². The van der Waals surface area contributed by atoms with Crippen molar-refractivity contribution < 1.29 is 23.8 Å². The van der Waals surface area contributed by atoms with Gasteiger partial charge in [-0.2, -0.15) is 0 Å². The summed E-state index contributed by atoms with van der Waals surface area (Å²) in [5.41, 5.74) is 1.10. The zero-order chi connectivity index (χ0) is 25.8. The van der Waals surface area contributed by atoms with Crippen LogP contribution in [0.3, 0.4) is 0 Å². The Morgan fingerprint density at radius 1 is 1.03 bits per heavy atom. The molecule has 0 aliphatic carbocycles. The summed E-state index contributed by atoms with van der Waals surface area (Å²) in [6, 6.07) is 10.5. The molecule has 0 saturated carbocycles. The molecule has 1 atom stereocenters. The van der Waals surface area contributed by atoms with Crippen molar-refractivity contribution in [1.29, 1.82) is 0 Å². The lowest BCUT2D eigenvalue weighted by Crippen LogP contribution is -2.45. The van der Waals surface area contributed by atoms with Crippen LogP contribution in [0.2, 0.25) is 0 Å². The third kappa shape index (κ3) is 9.10. The molecule has 196 valence electrons. The zero-order valence-electron chi connectivity index (χ0n) is 21.4. The van der Waals surface area contributed by atoms with E-state index >= 15 is 0 Å². The minimum atomic E-state index is -0.759. The molecule has 0 radical (unpaired) electrons. The van der Waals surface area contributed by atoms with E-state index in [2.05, 4.69) is 32.5 Å². The average molecular weight is 500 g/mol. The molecule has 1 saturated heterocycles. The summed E-state index contributed by atoms with van der Waals surface area (Å²) < 4.78 is 15.8. The summed E-state index contributed by atoms with van der Waals surface area (Å²) in [6.07, 6.45) is 2.13. The van der Waals surface area contributed by atoms with Crippen molar-refractivity contribution in [2.45, 2.75) is 18.9 Å². The smallest absolute Gasteiger partial charge is 0.323 e. The predicted octanol–water partition coefficient (Wildman–Crippen LogP) is 1.42. The summed E-state index contributed by atoms with van der Waals surface area (Å²) in [6.45, 7) is 6.47. The molecule has 0 spiro atoms. The third-order valence-electron chi connectivity index (χ3n) is 6.11. The Bertz CT molecular complexity index is 946. The number of piperazine rings is 1. The number of aromatic nitrogens is 1. The molecule has 0 bridgehead atoms. The number of esters is 1. The first kappa shape index (κ1) is 27.4. The number of amides is 1. The van der Waals surface area contributed by atoms with E-state index in [9.17, 15) is 9.59 Å². The maximum Gasteiger partial charge on any atom is 0.323 e. The van der Waals surface area contributed by atoms with Crippen molar-refractivity contribution in [3.05, 3.63) is 48.2 Å². The number of carbonyl (C=O) groups excluding carboxylic acids is 2. The summed E-state index contributed by atoms with van der Waals surface area (Å²) in [7, 11) is 5.00. The van der Waals surface area contributed by atoms with Gasteiger partial charge in [0.15, 0.2) is 0 Å². The van der Waals surface area contributed by atoms with Crippen molar-refractivity contribution in [2.75, 3.05) is 72.5 Å². The van der Waals surface area contributed by atoms with Gasteiger partial charge in [-0.3, -0.25) is 14.5 Å². The summed E-state index contributed by atoms with van der Waals surface area (Å²) in [5, 5.41) is 5.81. The molecule has 2 aromatic rings. The van der Waals surface area contributed by atoms with E-state index in [-0.39, 0.29) is 12.3 Å². The van der Waals surface area contributed by atoms with E-state index in [1.807, 2.05) is 24.3 Å². The van der Waals surface area contributed by atoms with E-state index in [1.54, 1.807) is 19.2 Å². The van der Waals surface area contributed by atoms with Crippen LogP contribution in [0.25, 0.3) is 0 Å². The number of benzene rings is 1. The fourth-order valence-electron chi connectivity index (χ4n) is 3.84. The molecule has 1 aliphatic heterocycles. The summed E-state index contributed by atoms with van der Waals surface area (Å²) in [5.74, 6) is 0.991. The average Bonchev–Trinajstić information content (AvgIpc) is 2.90. The number of anilines is 1. The lowest BCUT2D eigenvalue weighted by Gasteiger charge is -2.32. The number of pyridine rings is 1. The number of ether oxygens (including phenoxy) is 3. The molecule has 1 aromatic carbocycles. The minimum absolute atomic E-state index is 0.0690. The number of nitrogens with zero attached hydrogens (tertiary/aromatic N) is 3. The zero-order valence-corrected chi connectivity index (χ0v) is 21.4. The third-order valence-corrected chi connectivity index (χ3v) is 6.11. The molecule has 10 heteroatoms. The molecule has 1 unspecified atom stereocenters. The fourth-order valence-corrected chi connectivity index (χ4v) is 3.84. The molecule has 1 fully saturated rings. The van der Waals surface area contributed by atoms with Gasteiger partial charge in [-0.05, 0) is 49.8 Å². The molecule has 2 heterocycles. The van der Waals surface area contributed by atoms with Gasteiger partial charge in [0.2, 0.25) is 5.91 Å². The highest BCUT2D eigenvalue weighted by atomic mass is 16.5. The summed E-state index contributed by atoms with van der Waals surface area (Å²) in [4.78, 5) is 33.5. The first-order chi connectivity index (χ1) is 17.5. The predicted molar refractivity (Wildman–Crippen MR) is 137 cm³/mol. The number of likely N-dealkylation sites (N-methyl/N-ethyl adjacent to an activating group) is 1. The summed E-state index contributed by atoms with van der Waals surface area (Å²) >= 11 is 0. The molecule has 1 amide bonds. The number of nitrogens with one attached hydrogen (secondary N) is 2. The Morgan fingerprint density at radius 3 is 2.39 bits per heavy atom. The van der Waals surface area contributed by atoms with E-state index in [0.29, 0.717) is 31.1 Å². The molecule has 3 rings (SSSR count). The number of rotatable bonds is 13. The monoisotopic (exact) mass is 499 g/mol. The van der Waals surface area contributed by atoms with Crippen LogP contribution in [0.4, 0.5) is 5.82 Å². The largest absolute Gasteiger partial charge is 0.495 e. The maximum atomic E-state index is 12.4. The van der Waals surface area contributed by atoms with E-state index in [4.69, 9.17) is 14.2 Å². The topological polar surface area (TPSA) is 105 Å². The molecule has 36 heavy (non-hydrogen) atoms. The van der Waals surface area contributed by atoms with Crippen molar-refractivity contribution >= 4 is 17.7 Å². The Morgan fingerprint density at radius 2 is 1.75 bits per heavy atom. The normalized spacial score (nSPS) is 15.2. The SMILES string of the molecule is COC(=O)C(CC(=O)Nc1ccc(OC)cn1)NCCc1ccc(OCCN2CCN(C)CC2)cc1. The number of methoxy groups -OCH3 is 2. The minimum Gasteiger partial charge on any atom is -0.495 e. The van der Waals surface area contributed by atoms with Crippen LogP contribution in [0, 0.1) is 0 Å². The van der Waals surface area contributed by atoms with Crippen LogP contribution in [-0.2, 0) is 20.7 Å². The second-order valence-electron chi connectivity index (χ2n) is 8.75. The Balaban J connectivity index is 1.39. The van der Waals surface area contributed by atoms with Crippen LogP contribution >= 0.6 is 0 Å². The quantitative estimate of drug-likeness (QED) is 0.396. The van der Waals surface area contributed by atoms with Crippen LogP contribution in [0.15, 0.2) is 42.6 Å². The standard InChI is InChI=1S/C26H37N5O5/c1-30-12-14-31(15-13-30)16-17-36-21-6-4-20(5-7-21)10-11-27-23(26(33)35-3)18-25(32)29-24-9-8-22(34-2)19-28-24/h4-9,19,23,27H,10-18H2,1-3H3,(H,28,29,32).